The second-order valence-corrected chi connectivity index (χ2v) is 9.18. The molecule has 6 heteroatoms. The summed E-state index contributed by atoms with van der Waals surface area (Å²) in [7, 11) is 0. The van der Waals surface area contributed by atoms with Gasteiger partial charge < -0.3 is 9.88 Å². The Balaban J connectivity index is 1.41. The molecule has 0 bridgehead atoms. The normalized spacial score (nSPS) is 23.7. The highest BCUT2D eigenvalue weighted by molar-refractivity contribution is 7.18. The summed E-state index contributed by atoms with van der Waals surface area (Å²) < 4.78 is 0. The molecule has 5 nitrogen and oxygen atoms in total. The topological polar surface area (TPSA) is 66.1 Å². The van der Waals surface area contributed by atoms with Crippen molar-refractivity contribution in [2.45, 2.75) is 63.7 Å². The van der Waals surface area contributed by atoms with Crippen LogP contribution in [0, 0.1) is 5.92 Å². The van der Waals surface area contributed by atoms with E-state index in [4.69, 9.17) is 4.98 Å². The molecule has 3 heterocycles. The van der Waals surface area contributed by atoms with Gasteiger partial charge in [-0.05, 0) is 50.5 Å². The lowest BCUT2D eigenvalue weighted by atomic mass is 9.97. The van der Waals surface area contributed by atoms with Crippen LogP contribution in [0.25, 0.3) is 10.2 Å². The average Bonchev–Trinajstić information content (AvgIpc) is 3.39. The van der Waals surface area contributed by atoms with Crippen molar-refractivity contribution in [1.82, 2.24) is 14.9 Å². The highest BCUT2D eigenvalue weighted by atomic mass is 32.1. The Hall–Kier alpha value is -1.69. The van der Waals surface area contributed by atoms with E-state index in [-0.39, 0.29) is 17.4 Å². The van der Waals surface area contributed by atoms with Crippen LogP contribution >= 0.6 is 11.3 Å². The molecular weight excluding hydrogens is 346 g/mol. The molecule has 1 amide bonds. The maximum Gasteiger partial charge on any atom is 0.259 e. The number of thiophene rings is 1. The number of likely N-dealkylation sites (tertiary alicyclic amines) is 1. The molecule has 1 saturated heterocycles. The number of carbonyl (C=O) groups excluding carboxylic acids is 1. The molecule has 1 unspecified atom stereocenters. The molecule has 2 aromatic heterocycles. The molecular formula is C20H25N3O2S. The number of nitrogens with one attached hydrogen (secondary N) is 1. The molecule has 3 aliphatic rings. The SMILES string of the molecule is O=C(C1CCCC1)N1CCC(c2nc3sc4c(c3c(=O)[nH]2)CCCC4)C1. The van der Waals surface area contributed by atoms with Crippen LogP contribution in [0.4, 0.5) is 0 Å². The minimum atomic E-state index is 0.0185. The van der Waals surface area contributed by atoms with Crippen LogP contribution < -0.4 is 5.56 Å². The lowest BCUT2D eigenvalue weighted by Gasteiger charge is -2.20. The van der Waals surface area contributed by atoms with Gasteiger partial charge in [-0.1, -0.05) is 12.8 Å². The number of aromatic amines is 1. The fourth-order valence-electron chi connectivity index (χ4n) is 4.99. The lowest BCUT2D eigenvalue weighted by molar-refractivity contribution is -0.134. The van der Waals surface area contributed by atoms with Gasteiger partial charge in [0.2, 0.25) is 5.91 Å². The van der Waals surface area contributed by atoms with Gasteiger partial charge in [-0.2, -0.15) is 0 Å². The summed E-state index contributed by atoms with van der Waals surface area (Å²) in [4.78, 5) is 37.6. The van der Waals surface area contributed by atoms with E-state index in [0.717, 1.165) is 54.7 Å². The minimum absolute atomic E-state index is 0.0185. The fourth-order valence-corrected chi connectivity index (χ4v) is 6.26. The molecule has 2 aromatic rings. The number of carbonyl (C=O) groups is 1. The molecule has 1 N–H and O–H groups in total. The standard InChI is InChI=1S/C20H25N3O2S/c24-18-16-14-7-3-4-8-15(14)26-19(16)22-17(21-18)13-9-10-23(11-13)20(25)12-5-1-2-6-12/h12-13H,1-11H2,(H,21,22,24). The number of hydrogen-bond acceptors (Lipinski definition) is 4. The van der Waals surface area contributed by atoms with Gasteiger partial charge in [-0.3, -0.25) is 9.59 Å². The fraction of sp³-hybridized carbons (Fsp3) is 0.650. The van der Waals surface area contributed by atoms with Gasteiger partial charge in [0.25, 0.3) is 5.56 Å². The number of aryl methyl sites for hydroxylation is 2. The second kappa shape index (κ2) is 6.48. The zero-order valence-corrected chi connectivity index (χ0v) is 15.9. The van der Waals surface area contributed by atoms with E-state index in [1.165, 1.54) is 36.1 Å². The number of aromatic nitrogens is 2. The van der Waals surface area contributed by atoms with Gasteiger partial charge in [0.1, 0.15) is 10.7 Å². The number of amides is 1. The molecule has 0 spiro atoms. The van der Waals surface area contributed by atoms with Gasteiger partial charge in [0.05, 0.1) is 5.39 Å². The Bertz CT molecular complexity index is 910. The van der Waals surface area contributed by atoms with Crippen LogP contribution in [0.5, 0.6) is 0 Å². The minimum Gasteiger partial charge on any atom is -0.342 e. The first-order chi connectivity index (χ1) is 12.7. The molecule has 0 aromatic carbocycles. The first-order valence-electron chi connectivity index (χ1n) is 10.0. The Labute approximate surface area is 156 Å². The Kier molecular flexibility index (Phi) is 4.11. The summed E-state index contributed by atoms with van der Waals surface area (Å²) in [6, 6.07) is 0. The van der Waals surface area contributed by atoms with Crippen molar-refractivity contribution < 1.29 is 4.79 Å². The third-order valence-corrected chi connectivity index (χ3v) is 7.62. The molecule has 1 aliphatic heterocycles. The number of H-pyrrole nitrogens is 1. The van der Waals surface area contributed by atoms with Crippen LogP contribution in [0.15, 0.2) is 4.79 Å². The Morgan fingerprint density at radius 1 is 1.12 bits per heavy atom. The highest BCUT2D eigenvalue weighted by Crippen LogP contribution is 2.35. The average molecular weight is 372 g/mol. The number of hydrogen-bond donors (Lipinski definition) is 1. The number of rotatable bonds is 2. The molecule has 5 rings (SSSR count). The van der Waals surface area contributed by atoms with Crippen molar-refractivity contribution in [3.8, 4) is 0 Å². The van der Waals surface area contributed by atoms with Crippen molar-refractivity contribution in [1.29, 1.82) is 0 Å². The van der Waals surface area contributed by atoms with E-state index in [1.807, 2.05) is 4.90 Å². The summed E-state index contributed by atoms with van der Waals surface area (Å²) in [5, 5.41) is 0.824. The summed E-state index contributed by atoms with van der Waals surface area (Å²) in [6.45, 7) is 1.50. The smallest absolute Gasteiger partial charge is 0.259 e. The van der Waals surface area contributed by atoms with E-state index >= 15 is 0 Å². The predicted molar refractivity (Wildman–Crippen MR) is 103 cm³/mol. The number of fused-ring (bicyclic) bond motifs is 3. The van der Waals surface area contributed by atoms with Crippen molar-refractivity contribution in [2.24, 2.45) is 5.92 Å². The molecule has 0 radical (unpaired) electrons. The van der Waals surface area contributed by atoms with Crippen LogP contribution in [0.3, 0.4) is 0 Å². The summed E-state index contributed by atoms with van der Waals surface area (Å²) in [5.41, 5.74) is 1.26. The molecule has 2 aliphatic carbocycles. The maximum atomic E-state index is 12.7. The predicted octanol–water partition coefficient (Wildman–Crippen LogP) is 3.37. The first kappa shape index (κ1) is 16.5. The van der Waals surface area contributed by atoms with E-state index in [9.17, 15) is 9.59 Å². The quantitative estimate of drug-likeness (QED) is 0.880. The monoisotopic (exact) mass is 371 g/mol. The number of nitrogens with zero attached hydrogens (tertiary/aromatic N) is 2. The van der Waals surface area contributed by atoms with Crippen molar-refractivity contribution in [3.63, 3.8) is 0 Å². The molecule has 138 valence electrons. The third-order valence-electron chi connectivity index (χ3n) is 6.43. The van der Waals surface area contributed by atoms with E-state index in [2.05, 4.69) is 4.98 Å². The molecule has 2 fully saturated rings. The van der Waals surface area contributed by atoms with Gasteiger partial charge in [-0.15, -0.1) is 11.3 Å². The van der Waals surface area contributed by atoms with Crippen LogP contribution in [-0.4, -0.2) is 33.9 Å². The lowest BCUT2D eigenvalue weighted by Crippen LogP contribution is -2.33. The molecule has 1 atom stereocenters. The van der Waals surface area contributed by atoms with Crippen LogP contribution in [-0.2, 0) is 17.6 Å². The van der Waals surface area contributed by atoms with Crippen molar-refractivity contribution >= 4 is 27.5 Å². The van der Waals surface area contributed by atoms with Gasteiger partial charge >= 0.3 is 0 Å². The third kappa shape index (κ3) is 2.70. The zero-order chi connectivity index (χ0) is 17.7. The van der Waals surface area contributed by atoms with Crippen molar-refractivity contribution in [2.75, 3.05) is 13.1 Å². The van der Waals surface area contributed by atoms with E-state index in [0.29, 0.717) is 12.5 Å². The summed E-state index contributed by atoms with van der Waals surface area (Å²) in [6.07, 6.45) is 9.82. The molecule has 26 heavy (non-hydrogen) atoms. The second-order valence-electron chi connectivity index (χ2n) is 8.09. The van der Waals surface area contributed by atoms with Crippen molar-refractivity contribution in [3.05, 3.63) is 26.6 Å². The Morgan fingerprint density at radius 2 is 1.92 bits per heavy atom. The maximum absolute atomic E-state index is 12.7. The van der Waals surface area contributed by atoms with Gasteiger partial charge in [-0.25, -0.2) is 4.98 Å². The molecule has 1 saturated carbocycles. The van der Waals surface area contributed by atoms with Gasteiger partial charge in [0.15, 0.2) is 0 Å². The van der Waals surface area contributed by atoms with E-state index < -0.39 is 0 Å². The Morgan fingerprint density at radius 3 is 2.77 bits per heavy atom. The van der Waals surface area contributed by atoms with E-state index in [1.54, 1.807) is 11.3 Å². The first-order valence-corrected chi connectivity index (χ1v) is 10.9. The zero-order valence-electron chi connectivity index (χ0n) is 15.1. The van der Waals surface area contributed by atoms with Crippen LogP contribution in [0.2, 0.25) is 0 Å². The summed E-state index contributed by atoms with van der Waals surface area (Å²) in [5.74, 6) is 1.49. The summed E-state index contributed by atoms with van der Waals surface area (Å²) >= 11 is 1.70. The highest BCUT2D eigenvalue weighted by Gasteiger charge is 2.34. The van der Waals surface area contributed by atoms with Crippen LogP contribution in [0.1, 0.15) is 67.1 Å². The largest absolute Gasteiger partial charge is 0.342 e. The van der Waals surface area contributed by atoms with Gasteiger partial charge in [0, 0.05) is 29.8 Å².